The Bertz CT molecular complexity index is 374. The van der Waals surface area contributed by atoms with Crippen LogP contribution in [0.15, 0.2) is 6.33 Å². The largest absolute Gasteiger partial charge is 0.389 e. The van der Waals surface area contributed by atoms with Gasteiger partial charge in [-0.2, -0.15) is 0 Å². The summed E-state index contributed by atoms with van der Waals surface area (Å²) in [7, 11) is 3.42. The highest BCUT2D eigenvalue weighted by molar-refractivity contribution is 5.57. The first kappa shape index (κ1) is 14.6. The van der Waals surface area contributed by atoms with Crippen LogP contribution in [0.25, 0.3) is 0 Å². The van der Waals surface area contributed by atoms with E-state index in [0.29, 0.717) is 19.0 Å². The van der Waals surface area contributed by atoms with Crippen LogP contribution in [0.3, 0.4) is 0 Å². The SMILES string of the molecule is CCc1c(NN)ncnc1N(C)CC(O)COC. The summed E-state index contributed by atoms with van der Waals surface area (Å²) in [4.78, 5) is 10.2. The molecule has 0 spiro atoms. The van der Waals surface area contributed by atoms with Crippen LogP contribution >= 0.6 is 0 Å². The van der Waals surface area contributed by atoms with E-state index in [1.165, 1.54) is 6.33 Å². The number of hydrogen-bond donors (Lipinski definition) is 3. The quantitative estimate of drug-likeness (QED) is 0.457. The molecule has 1 rings (SSSR count). The van der Waals surface area contributed by atoms with Gasteiger partial charge in [-0.05, 0) is 6.42 Å². The summed E-state index contributed by atoms with van der Waals surface area (Å²) >= 11 is 0. The third-order valence-electron chi connectivity index (χ3n) is 2.62. The molecule has 1 heterocycles. The van der Waals surface area contributed by atoms with E-state index in [2.05, 4.69) is 15.4 Å². The van der Waals surface area contributed by atoms with Crippen molar-refractivity contribution in [3.63, 3.8) is 0 Å². The van der Waals surface area contributed by atoms with E-state index in [1.54, 1.807) is 7.11 Å². The van der Waals surface area contributed by atoms with Crippen LogP contribution in [-0.4, -0.2) is 48.5 Å². The van der Waals surface area contributed by atoms with Crippen molar-refractivity contribution in [1.82, 2.24) is 9.97 Å². The van der Waals surface area contributed by atoms with Gasteiger partial charge in [-0.3, -0.25) is 0 Å². The molecule has 0 aliphatic carbocycles. The highest BCUT2D eigenvalue weighted by Gasteiger charge is 2.15. The molecule has 0 bridgehead atoms. The van der Waals surface area contributed by atoms with E-state index < -0.39 is 6.10 Å². The minimum atomic E-state index is -0.561. The lowest BCUT2D eigenvalue weighted by molar-refractivity contribution is 0.0694. The molecule has 1 aromatic rings. The van der Waals surface area contributed by atoms with Crippen LogP contribution in [-0.2, 0) is 11.2 Å². The van der Waals surface area contributed by atoms with Gasteiger partial charge < -0.3 is 20.2 Å². The first-order valence-corrected chi connectivity index (χ1v) is 5.82. The average Bonchev–Trinajstić information content (AvgIpc) is 2.37. The number of nitrogens with one attached hydrogen (secondary N) is 1. The molecular weight excluding hydrogens is 234 g/mol. The maximum Gasteiger partial charge on any atom is 0.148 e. The van der Waals surface area contributed by atoms with Crippen molar-refractivity contribution in [2.45, 2.75) is 19.4 Å². The molecule has 7 heteroatoms. The third kappa shape index (κ3) is 3.52. The van der Waals surface area contributed by atoms with Crippen molar-refractivity contribution >= 4 is 11.6 Å². The molecule has 1 atom stereocenters. The minimum absolute atomic E-state index is 0.291. The number of aliphatic hydroxyl groups is 1. The van der Waals surface area contributed by atoms with Gasteiger partial charge in [0.25, 0.3) is 0 Å². The highest BCUT2D eigenvalue weighted by atomic mass is 16.5. The number of methoxy groups -OCH3 is 1. The fraction of sp³-hybridized carbons (Fsp3) is 0.636. The van der Waals surface area contributed by atoms with Crippen LogP contribution in [0.2, 0.25) is 0 Å². The molecular formula is C11H21N5O2. The Hall–Kier alpha value is -1.44. The average molecular weight is 255 g/mol. The van der Waals surface area contributed by atoms with Crippen molar-refractivity contribution < 1.29 is 9.84 Å². The molecule has 0 aliphatic rings. The van der Waals surface area contributed by atoms with Crippen molar-refractivity contribution in [3.8, 4) is 0 Å². The predicted molar refractivity (Wildman–Crippen MR) is 70.4 cm³/mol. The zero-order valence-corrected chi connectivity index (χ0v) is 11.1. The molecule has 18 heavy (non-hydrogen) atoms. The fourth-order valence-electron chi connectivity index (χ4n) is 1.83. The van der Waals surface area contributed by atoms with Gasteiger partial charge in [0.1, 0.15) is 18.0 Å². The molecule has 1 aromatic heterocycles. The Balaban J connectivity index is 2.87. The molecule has 1 unspecified atom stereocenters. The molecule has 0 radical (unpaired) electrons. The summed E-state index contributed by atoms with van der Waals surface area (Å²) in [6, 6.07) is 0. The number of nitrogens with two attached hydrogens (primary N) is 1. The summed E-state index contributed by atoms with van der Waals surface area (Å²) in [5, 5.41) is 9.72. The topological polar surface area (TPSA) is 96.5 Å². The summed E-state index contributed by atoms with van der Waals surface area (Å²) < 4.78 is 4.90. The number of aromatic nitrogens is 2. The summed E-state index contributed by atoms with van der Waals surface area (Å²) in [5.41, 5.74) is 3.48. The minimum Gasteiger partial charge on any atom is -0.389 e. The summed E-state index contributed by atoms with van der Waals surface area (Å²) in [6.07, 6.45) is 1.64. The fourth-order valence-corrected chi connectivity index (χ4v) is 1.83. The molecule has 0 fully saturated rings. The van der Waals surface area contributed by atoms with Crippen molar-refractivity contribution in [2.75, 3.05) is 37.6 Å². The maximum atomic E-state index is 9.72. The van der Waals surface area contributed by atoms with Crippen LogP contribution in [0.5, 0.6) is 0 Å². The van der Waals surface area contributed by atoms with Gasteiger partial charge >= 0.3 is 0 Å². The first-order chi connectivity index (χ1) is 8.63. The molecule has 0 saturated heterocycles. The van der Waals surface area contributed by atoms with Crippen molar-refractivity contribution in [3.05, 3.63) is 11.9 Å². The summed E-state index contributed by atoms with van der Waals surface area (Å²) in [6.45, 7) is 2.73. The van der Waals surface area contributed by atoms with Gasteiger partial charge in [0.15, 0.2) is 0 Å². The van der Waals surface area contributed by atoms with Crippen LogP contribution in [0, 0.1) is 0 Å². The lowest BCUT2D eigenvalue weighted by atomic mass is 10.2. The van der Waals surface area contributed by atoms with Crippen molar-refractivity contribution in [2.24, 2.45) is 5.84 Å². The summed E-state index contributed by atoms with van der Waals surface area (Å²) in [5.74, 6) is 6.78. The van der Waals surface area contributed by atoms with Gasteiger partial charge in [0.05, 0.1) is 12.7 Å². The molecule has 4 N–H and O–H groups in total. The maximum absolute atomic E-state index is 9.72. The lowest BCUT2D eigenvalue weighted by Gasteiger charge is -2.24. The lowest BCUT2D eigenvalue weighted by Crippen LogP contribution is -2.33. The molecule has 0 aliphatic heterocycles. The van der Waals surface area contributed by atoms with Gasteiger partial charge in [0.2, 0.25) is 0 Å². The van der Waals surface area contributed by atoms with Crippen LogP contribution in [0.1, 0.15) is 12.5 Å². The number of hydrogen-bond acceptors (Lipinski definition) is 7. The number of nitrogens with zero attached hydrogens (tertiary/aromatic N) is 3. The third-order valence-corrected chi connectivity index (χ3v) is 2.62. The number of ether oxygens (including phenoxy) is 1. The number of nitrogen functional groups attached to an aromatic ring is 1. The number of aliphatic hydroxyl groups excluding tert-OH is 1. The van der Waals surface area contributed by atoms with E-state index in [1.807, 2.05) is 18.9 Å². The van der Waals surface area contributed by atoms with Crippen LogP contribution in [0.4, 0.5) is 11.6 Å². The Labute approximate surface area is 107 Å². The number of hydrazine groups is 1. The Morgan fingerprint density at radius 2 is 2.28 bits per heavy atom. The first-order valence-electron chi connectivity index (χ1n) is 5.82. The van der Waals surface area contributed by atoms with E-state index in [0.717, 1.165) is 17.8 Å². The molecule has 0 saturated carbocycles. The van der Waals surface area contributed by atoms with Gasteiger partial charge in [-0.1, -0.05) is 6.92 Å². The standard InChI is InChI=1S/C11H21N5O2/c1-4-9-10(15-12)13-7-14-11(9)16(2)5-8(17)6-18-3/h7-8,17H,4-6,12H2,1-3H3,(H,13,14,15). The second-order valence-corrected chi connectivity index (χ2v) is 4.01. The van der Waals surface area contributed by atoms with Gasteiger partial charge in [-0.25, -0.2) is 15.8 Å². The monoisotopic (exact) mass is 255 g/mol. The number of anilines is 2. The Morgan fingerprint density at radius 3 is 2.83 bits per heavy atom. The second kappa shape index (κ2) is 7.10. The normalized spacial score (nSPS) is 12.3. The molecule has 102 valence electrons. The zero-order chi connectivity index (χ0) is 13.5. The van der Waals surface area contributed by atoms with E-state index in [9.17, 15) is 5.11 Å². The Morgan fingerprint density at radius 1 is 1.56 bits per heavy atom. The zero-order valence-electron chi connectivity index (χ0n) is 11.1. The molecule has 0 amide bonds. The number of rotatable bonds is 7. The van der Waals surface area contributed by atoms with Crippen molar-refractivity contribution in [1.29, 1.82) is 0 Å². The predicted octanol–water partition coefficient (Wildman–Crippen LogP) is -0.232. The van der Waals surface area contributed by atoms with E-state index in [-0.39, 0.29) is 0 Å². The van der Waals surface area contributed by atoms with E-state index >= 15 is 0 Å². The highest BCUT2D eigenvalue weighted by Crippen LogP contribution is 2.22. The molecule has 0 aromatic carbocycles. The van der Waals surface area contributed by atoms with Gasteiger partial charge in [-0.15, -0.1) is 0 Å². The second-order valence-electron chi connectivity index (χ2n) is 4.01. The number of likely N-dealkylation sites (N-methyl/N-ethyl adjacent to an activating group) is 1. The smallest absolute Gasteiger partial charge is 0.148 e. The molecule has 7 nitrogen and oxygen atoms in total. The Kier molecular flexibility index (Phi) is 5.76. The van der Waals surface area contributed by atoms with Gasteiger partial charge in [0, 0.05) is 26.3 Å². The van der Waals surface area contributed by atoms with E-state index in [4.69, 9.17) is 10.6 Å². The van der Waals surface area contributed by atoms with Crippen LogP contribution < -0.4 is 16.2 Å².